The number of rotatable bonds is 6. The van der Waals surface area contributed by atoms with Gasteiger partial charge in [-0.05, 0) is 24.2 Å². The lowest BCUT2D eigenvalue weighted by Crippen LogP contribution is -2.22. The molecule has 0 amide bonds. The van der Waals surface area contributed by atoms with Crippen LogP contribution in [0.3, 0.4) is 0 Å². The molecule has 0 aromatic carbocycles. The number of ether oxygens (including phenoxy) is 1. The summed E-state index contributed by atoms with van der Waals surface area (Å²) < 4.78 is 5.56. The maximum absolute atomic E-state index is 5.56. The van der Waals surface area contributed by atoms with Crippen molar-refractivity contribution in [2.75, 3.05) is 7.11 Å². The molecule has 0 aliphatic carbocycles. The molecule has 0 rings (SSSR count). The van der Waals surface area contributed by atoms with E-state index in [9.17, 15) is 0 Å². The average Bonchev–Trinajstić information content (AvgIpc) is 2.10. The molecular formula is C13H28O. The van der Waals surface area contributed by atoms with E-state index in [-0.39, 0.29) is 0 Å². The van der Waals surface area contributed by atoms with E-state index in [0.717, 1.165) is 5.92 Å². The van der Waals surface area contributed by atoms with Gasteiger partial charge in [-0.15, -0.1) is 0 Å². The Balaban J connectivity index is 4.01. The van der Waals surface area contributed by atoms with Crippen LogP contribution in [0.15, 0.2) is 0 Å². The Morgan fingerprint density at radius 1 is 1.07 bits per heavy atom. The first-order chi connectivity index (χ1) is 6.42. The Bertz CT molecular complexity index is 131. The van der Waals surface area contributed by atoms with Gasteiger partial charge in [0.25, 0.3) is 0 Å². The summed E-state index contributed by atoms with van der Waals surface area (Å²) in [6.07, 6.45) is 5.39. The molecule has 0 bridgehead atoms. The number of hydrogen-bond donors (Lipinski definition) is 0. The molecule has 0 spiro atoms. The van der Waals surface area contributed by atoms with Crippen LogP contribution in [0, 0.1) is 11.3 Å². The molecule has 1 nitrogen and oxygen atoms in total. The van der Waals surface area contributed by atoms with Crippen molar-refractivity contribution in [2.45, 2.75) is 66.4 Å². The lowest BCUT2D eigenvalue weighted by atomic mass is 9.85. The van der Waals surface area contributed by atoms with Crippen LogP contribution in [0.5, 0.6) is 0 Å². The van der Waals surface area contributed by atoms with Crippen molar-refractivity contribution in [1.82, 2.24) is 0 Å². The first kappa shape index (κ1) is 14.0. The summed E-state index contributed by atoms with van der Waals surface area (Å²) in [5.41, 5.74) is 0.382. The standard InChI is InChI=1S/C13H28O/c1-7-11(8-2)9-12(14-6)10-13(3,4)5/h11-12H,7-10H2,1-6H3. The van der Waals surface area contributed by atoms with Gasteiger partial charge >= 0.3 is 0 Å². The lowest BCUT2D eigenvalue weighted by molar-refractivity contribution is 0.0460. The van der Waals surface area contributed by atoms with Gasteiger partial charge in [-0.3, -0.25) is 0 Å². The molecule has 1 heteroatoms. The van der Waals surface area contributed by atoms with E-state index in [4.69, 9.17) is 4.74 Å². The molecule has 1 unspecified atom stereocenters. The van der Waals surface area contributed by atoms with Gasteiger partial charge in [-0.1, -0.05) is 47.5 Å². The van der Waals surface area contributed by atoms with Crippen LogP contribution < -0.4 is 0 Å². The maximum Gasteiger partial charge on any atom is 0.0579 e. The molecule has 0 N–H and O–H groups in total. The highest BCUT2D eigenvalue weighted by molar-refractivity contribution is 4.72. The fourth-order valence-corrected chi connectivity index (χ4v) is 1.94. The third-order valence-electron chi connectivity index (χ3n) is 2.92. The molecule has 0 aliphatic rings. The predicted molar refractivity (Wildman–Crippen MR) is 63.6 cm³/mol. The van der Waals surface area contributed by atoms with Gasteiger partial charge in [0.2, 0.25) is 0 Å². The second-order valence-corrected chi connectivity index (χ2v) is 5.54. The van der Waals surface area contributed by atoms with E-state index in [2.05, 4.69) is 34.6 Å². The van der Waals surface area contributed by atoms with Crippen molar-refractivity contribution >= 4 is 0 Å². The van der Waals surface area contributed by atoms with Gasteiger partial charge in [-0.2, -0.15) is 0 Å². The number of methoxy groups -OCH3 is 1. The summed E-state index contributed by atoms with van der Waals surface area (Å²) in [6, 6.07) is 0. The van der Waals surface area contributed by atoms with Crippen molar-refractivity contribution in [3.05, 3.63) is 0 Å². The highest BCUT2D eigenvalue weighted by Gasteiger charge is 2.20. The summed E-state index contributed by atoms with van der Waals surface area (Å²) in [4.78, 5) is 0. The zero-order valence-corrected chi connectivity index (χ0v) is 10.9. The lowest BCUT2D eigenvalue weighted by Gasteiger charge is -2.27. The van der Waals surface area contributed by atoms with Gasteiger partial charge < -0.3 is 4.74 Å². The van der Waals surface area contributed by atoms with Crippen LogP contribution in [0.1, 0.15) is 60.3 Å². The van der Waals surface area contributed by atoms with Crippen LogP contribution >= 0.6 is 0 Å². The normalized spacial score (nSPS) is 14.8. The average molecular weight is 200 g/mol. The third-order valence-corrected chi connectivity index (χ3v) is 2.92. The third kappa shape index (κ3) is 6.42. The first-order valence-corrected chi connectivity index (χ1v) is 5.95. The maximum atomic E-state index is 5.56. The van der Waals surface area contributed by atoms with Gasteiger partial charge in [0.05, 0.1) is 6.10 Å². The van der Waals surface area contributed by atoms with Crippen molar-refractivity contribution in [3.63, 3.8) is 0 Å². The molecule has 0 heterocycles. The van der Waals surface area contributed by atoms with Crippen molar-refractivity contribution in [1.29, 1.82) is 0 Å². The highest BCUT2D eigenvalue weighted by atomic mass is 16.5. The quantitative estimate of drug-likeness (QED) is 0.622. The molecule has 0 radical (unpaired) electrons. The second-order valence-electron chi connectivity index (χ2n) is 5.54. The van der Waals surface area contributed by atoms with E-state index < -0.39 is 0 Å². The zero-order chi connectivity index (χ0) is 11.2. The monoisotopic (exact) mass is 200 g/mol. The van der Waals surface area contributed by atoms with Crippen molar-refractivity contribution in [3.8, 4) is 0 Å². The van der Waals surface area contributed by atoms with Crippen molar-refractivity contribution < 1.29 is 4.74 Å². The SMILES string of the molecule is CCC(CC)CC(CC(C)(C)C)OC. The zero-order valence-electron chi connectivity index (χ0n) is 10.9. The van der Waals surface area contributed by atoms with Crippen LogP contribution in [0.25, 0.3) is 0 Å². The van der Waals surface area contributed by atoms with E-state index >= 15 is 0 Å². The minimum absolute atomic E-state index is 0.382. The fourth-order valence-electron chi connectivity index (χ4n) is 1.94. The molecule has 1 atom stereocenters. The molecule has 0 aliphatic heterocycles. The summed E-state index contributed by atoms with van der Waals surface area (Å²) in [5, 5.41) is 0. The Morgan fingerprint density at radius 3 is 1.86 bits per heavy atom. The number of hydrogen-bond acceptors (Lipinski definition) is 1. The summed E-state index contributed by atoms with van der Waals surface area (Å²) >= 11 is 0. The minimum Gasteiger partial charge on any atom is -0.381 e. The van der Waals surface area contributed by atoms with Gasteiger partial charge in [-0.25, -0.2) is 0 Å². The van der Waals surface area contributed by atoms with Crippen LogP contribution in [-0.4, -0.2) is 13.2 Å². The summed E-state index contributed by atoms with van der Waals surface area (Å²) in [5.74, 6) is 0.835. The van der Waals surface area contributed by atoms with Gasteiger partial charge in [0, 0.05) is 7.11 Å². The molecule has 0 aromatic heterocycles. The topological polar surface area (TPSA) is 9.23 Å². The van der Waals surface area contributed by atoms with Gasteiger partial charge in [0.1, 0.15) is 0 Å². The summed E-state index contributed by atoms with van der Waals surface area (Å²) in [6.45, 7) is 11.4. The second kappa shape index (κ2) is 6.44. The van der Waals surface area contributed by atoms with E-state index in [1.165, 1.54) is 25.7 Å². The van der Waals surface area contributed by atoms with Crippen LogP contribution in [-0.2, 0) is 4.74 Å². The molecule has 14 heavy (non-hydrogen) atoms. The molecule has 0 saturated heterocycles. The smallest absolute Gasteiger partial charge is 0.0579 e. The molecule has 0 fully saturated rings. The fraction of sp³-hybridized carbons (Fsp3) is 1.00. The molecule has 0 aromatic rings. The Morgan fingerprint density at radius 2 is 1.57 bits per heavy atom. The van der Waals surface area contributed by atoms with E-state index in [1.54, 1.807) is 0 Å². The Kier molecular flexibility index (Phi) is 6.43. The minimum atomic E-state index is 0.382. The Hall–Kier alpha value is -0.0400. The first-order valence-electron chi connectivity index (χ1n) is 5.95. The van der Waals surface area contributed by atoms with E-state index in [0.29, 0.717) is 11.5 Å². The van der Waals surface area contributed by atoms with Crippen molar-refractivity contribution in [2.24, 2.45) is 11.3 Å². The summed E-state index contributed by atoms with van der Waals surface area (Å²) in [7, 11) is 1.85. The van der Waals surface area contributed by atoms with E-state index in [1.807, 2.05) is 7.11 Å². The van der Waals surface area contributed by atoms with Gasteiger partial charge in [0.15, 0.2) is 0 Å². The highest BCUT2D eigenvalue weighted by Crippen LogP contribution is 2.27. The largest absolute Gasteiger partial charge is 0.381 e. The predicted octanol–water partition coefficient (Wildman–Crippen LogP) is 4.26. The molecular weight excluding hydrogens is 172 g/mol. The van der Waals surface area contributed by atoms with Crippen LogP contribution in [0.4, 0.5) is 0 Å². The molecule has 86 valence electrons. The van der Waals surface area contributed by atoms with Crippen LogP contribution in [0.2, 0.25) is 0 Å². The molecule has 0 saturated carbocycles. The Labute approximate surface area is 90.2 Å².